The maximum absolute atomic E-state index is 11.9. The third-order valence-electron chi connectivity index (χ3n) is 3.11. The van der Waals surface area contributed by atoms with Crippen LogP contribution in [0.25, 0.3) is 0 Å². The number of hydrogen-bond acceptors (Lipinski definition) is 5. The Morgan fingerprint density at radius 1 is 1.50 bits per heavy atom. The van der Waals surface area contributed by atoms with Gasteiger partial charge in [0.1, 0.15) is 5.54 Å². The number of aryl methyl sites for hydroxylation is 1. The largest absolute Gasteiger partial charge is 0.480 e. The highest BCUT2D eigenvalue weighted by atomic mass is 16.4. The third-order valence-corrected chi connectivity index (χ3v) is 3.11. The van der Waals surface area contributed by atoms with Crippen molar-refractivity contribution in [3.05, 3.63) is 12.4 Å². The zero-order valence-corrected chi connectivity index (χ0v) is 9.82. The molecule has 0 spiro atoms. The summed E-state index contributed by atoms with van der Waals surface area (Å²) < 4.78 is 1.56. The SMILES string of the molecule is NC1(C(=O)O)CCN(C(=O)CCn2ccnn2)C1. The molecule has 98 valence electrons. The third kappa shape index (κ3) is 2.48. The molecule has 1 atom stereocenters. The number of nitrogens with two attached hydrogens (primary N) is 1. The van der Waals surface area contributed by atoms with Gasteiger partial charge in [-0.15, -0.1) is 5.10 Å². The molecule has 1 fully saturated rings. The highest BCUT2D eigenvalue weighted by molar-refractivity contribution is 5.83. The predicted molar refractivity (Wildman–Crippen MR) is 60.4 cm³/mol. The highest BCUT2D eigenvalue weighted by Crippen LogP contribution is 2.19. The molecule has 8 nitrogen and oxygen atoms in total. The Morgan fingerprint density at radius 3 is 2.83 bits per heavy atom. The number of aromatic nitrogens is 3. The number of amides is 1. The average Bonchev–Trinajstić information content (AvgIpc) is 2.95. The molecule has 1 aromatic heterocycles. The van der Waals surface area contributed by atoms with Crippen molar-refractivity contribution in [2.45, 2.75) is 24.9 Å². The van der Waals surface area contributed by atoms with E-state index in [0.717, 1.165) is 0 Å². The van der Waals surface area contributed by atoms with Crippen molar-refractivity contribution in [2.24, 2.45) is 5.73 Å². The zero-order chi connectivity index (χ0) is 13.2. The van der Waals surface area contributed by atoms with E-state index in [1.807, 2.05) is 0 Å². The van der Waals surface area contributed by atoms with Gasteiger partial charge in [0.15, 0.2) is 0 Å². The Bertz CT molecular complexity index is 446. The van der Waals surface area contributed by atoms with E-state index in [1.165, 1.54) is 11.1 Å². The van der Waals surface area contributed by atoms with Crippen LogP contribution >= 0.6 is 0 Å². The van der Waals surface area contributed by atoms with Crippen molar-refractivity contribution in [3.8, 4) is 0 Å². The maximum atomic E-state index is 11.9. The van der Waals surface area contributed by atoms with Crippen LogP contribution in [0.15, 0.2) is 12.4 Å². The van der Waals surface area contributed by atoms with Crippen LogP contribution in [0.2, 0.25) is 0 Å². The van der Waals surface area contributed by atoms with Crippen molar-refractivity contribution < 1.29 is 14.7 Å². The van der Waals surface area contributed by atoms with E-state index in [2.05, 4.69) is 10.3 Å². The number of likely N-dealkylation sites (tertiary alicyclic amines) is 1. The Morgan fingerprint density at radius 2 is 2.28 bits per heavy atom. The lowest BCUT2D eigenvalue weighted by atomic mass is 10.0. The number of carboxylic acid groups (broad SMARTS) is 1. The molecule has 1 amide bonds. The van der Waals surface area contributed by atoms with Crippen LogP contribution in [0.4, 0.5) is 0 Å². The molecule has 8 heteroatoms. The summed E-state index contributed by atoms with van der Waals surface area (Å²) in [5.41, 5.74) is 4.40. The van der Waals surface area contributed by atoms with Gasteiger partial charge in [-0.05, 0) is 6.42 Å². The van der Waals surface area contributed by atoms with Crippen molar-refractivity contribution >= 4 is 11.9 Å². The van der Waals surface area contributed by atoms with Crippen molar-refractivity contribution in [2.75, 3.05) is 13.1 Å². The lowest BCUT2D eigenvalue weighted by Crippen LogP contribution is -2.50. The quantitative estimate of drug-likeness (QED) is 0.688. The first-order valence-corrected chi connectivity index (χ1v) is 5.65. The first kappa shape index (κ1) is 12.5. The molecule has 0 saturated carbocycles. The van der Waals surface area contributed by atoms with Crippen LogP contribution in [0.1, 0.15) is 12.8 Å². The minimum absolute atomic E-state index is 0.0680. The van der Waals surface area contributed by atoms with E-state index >= 15 is 0 Å². The van der Waals surface area contributed by atoms with Crippen LogP contribution in [0.3, 0.4) is 0 Å². The van der Waals surface area contributed by atoms with Gasteiger partial charge in [-0.1, -0.05) is 5.21 Å². The number of carbonyl (C=O) groups excluding carboxylic acids is 1. The minimum Gasteiger partial charge on any atom is -0.480 e. The highest BCUT2D eigenvalue weighted by Gasteiger charge is 2.42. The molecule has 1 unspecified atom stereocenters. The lowest BCUT2D eigenvalue weighted by Gasteiger charge is -2.20. The normalized spacial score (nSPS) is 23.3. The Labute approximate surface area is 103 Å². The number of hydrogen-bond donors (Lipinski definition) is 2. The van der Waals surface area contributed by atoms with Gasteiger partial charge in [-0.3, -0.25) is 14.3 Å². The van der Waals surface area contributed by atoms with Crippen LogP contribution < -0.4 is 5.73 Å². The van der Waals surface area contributed by atoms with Gasteiger partial charge in [0.2, 0.25) is 5.91 Å². The number of nitrogens with zero attached hydrogens (tertiary/aromatic N) is 4. The molecule has 3 N–H and O–H groups in total. The molecule has 0 aliphatic carbocycles. The van der Waals surface area contributed by atoms with Crippen LogP contribution in [0, 0.1) is 0 Å². The molecular formula is C10H15N5O3. The second kappa shape index (κ2) is 4.73. The summed E-state index contributed by atoms with van der Waals surface area (Å²) in [5, 5.41) is 16.3. The molecule has 1 aromatic rings. The molecular weight excluding hydrogens is 238 g/mol. The van der Waals surface area contributed by atoms with E-state index in [4.69, 9.17) is 10.8 Å². The zero-order valence-electron chi connectivity index (χ0n) is 9.82. The lowest BCUT2D eigenvalue weighted by molar-refractivity contribution is -0.143. The summed E-state index contributed by atoms with van der Waals surface area (Å²) in [6.45, 7) is 0.886. The van der Waals surface area contributed by atoms with E-state index in [9.17, 15) is 9.59 Å². The number of rotatable bonds is 4. The Balaban J connectivity index is 1.86. The van der Waals surface area contributed by atoms with Gasteiger partial charge in [0.25, 0.3) is 0 Å². The van der Waals surface area contributed by atoms with Crippen LogP contribution in [-0.4, -0.2) is 55.5 Å². The molecule has 2 heterocycles. The van der Waals surface area contributed by atoms with Crippen molar-refractivity contribution in [3.63, 3.8) is 0 Å². The first-order valence-electron chi connectivity index (χ1n) is 5.65. The standard InChI is InChI=1S/C10H15N5O3/c11-10(9(17)18)2-5-14(7-10)8(16)1-4-15-6-3-12-13-15/h3,6H,1-2,4-5,7,11H2,(H,17,18). The molecule has 1 aliphatic rings. The summed E-state index contributed by atoms with van der Waals surface area (Å²) in [5.74, 6) is -1.17. The second-order valence-electron chi connectivity index (χ2n) is 4.44. The summed E-state index contributed by atoms with van der Waals surface area (Å²) in [6, 6.07) is 0. The molecule has 1 saturated heterocycles. The molecule has 1 aliphatic heterocycles. The van der Waals surface area contributed by atoms with E-state index in [0.29, 0.717) is 13.1 Å². The molecule has 18 heavy (non-hydrogen) atoms. The average molecular weight is 253 g/mol. The molecule has 0 aromatic carbocycles. The van der Waals surface area contributed by atoms with Gasteiger partial charge in [0, 0.05) is 25.7 Å². The second-order valence-corrected chi connectivity index (χ2v) is 4.44. The van der Waals surface area contributed by atoms with Crippen LogP contribution in [-0.2, 0) is 16.1 Å². The molecule has 0 bridgehead atoms. The molecule has 2 rings (SSSR count). The smallest absolute Gasteiger partial charge is 0.325 e. The summed E-state index contributed by atoms with van der Waals surface area (Å²) in [7, 11) is 0. The van der Waals surface area contributed by atoms with Gasteiger partial charge in [-0.25, -0.2) is 0 Å². The van der Waals surface area contributed by atoms with Gasteiger partial charge in [0.05, 0.1) is 12.7 Å². The van der Waals surface area contributed by atoms with E-state index in [1.54, 1.807) is 10.9 Å². The van der Waals surface area contributed by atoms with Gasteiger partial charge < -0.3 is 15.7 Å². The van der Waals surface area contributed by atoms with E-state index < -0.39 is 11.5 Å². The summed E-state index contributed by atoms with van der Waals surface area (Å²) in [4.78, 5) is 24.3. The number of aliphatic carboxylic acids is 1. The number of carboxylic acids is 1. The first-order chi connectivity index (χ1) is 8.51. The topological polar surface area (TPSA) is 114 Å². The van der Waals surface area contributed by atoms with Crippen LogP contribution in [0.5, 0.6) is 0 Å². The number of carbonyl (C=O) groups is 2. The Kier molecular flexibility index (Phi) is 3.28. The fourth-order valence-electron chi connectivity index (χ4n) is 1.94. The van der Waals surface area contributed by atoms with Crippen molar-refractivity contribution in [1.82, 2.24) is 19.9 Å². The summed E-state index contributed by atoms with van der Waals surface area (Å²) >= 11 is 0. The monoisotopic (exact) mass is 253 g/mol. The Hall–Kier alpha value is -1.96. The molecule has 0 radical (unpaired) electrons. The minimum atomic E-state index is -1.30. The van der Waals surface area contributed by atoms with E-state index in [-0.39, 0.29) is 25.3 Å². The maximum Gasteiger partial charge on any atom is 0.325 e. The summed E-state index contributed by atoms with van der Waals surface area (Å²) in [6.07, 6.45) is 3.76. The van der Waals surface area contributed by atoms with Crippen molar-refractivity contribution in [1.29, 1.82) is 0 Å². The van der Waals surface area contributed by atoms with Gasteiger partial charge >= 0.3 is 5.97 Å². The van der Waals surface area contributed by atoms with Gasteiger partial charge in [-0.2, -0.15) is 0 Å². The fraction of sp³-hybridized carbons (Fsp3) is 0.600. The predicted octanol–water partition coefficient (Wildman–Crippen LogP) is -1.32. The fourth-order valence-corrected chi connectivity index (χ4v) is 1.94.